The molecule has 1 aliphatic heterocycles. The molecular formula is C19H26N4O3. The van der Waals surface area contributed by atoms with Gasteiger partial charge < -0.3 is 19.9 Å². The lowest BCUT2D eigenvalue weighted by Crippen LogP contribution is -2.44. The first-order valence-electron chi connectivity index (χ1n) is 9.14. The molecule has 1 saturated heterocycles. The van der Waals surface area contributed by atoms with E-state index in [1.54, 1.807) is 4.57 Å². The molecule has 2 amide bonds. The van der Waals surface area contributed by atoms with Crippen LogP contribution in [-0.4, -0.2) is 61.4 Å². The fourth-order valence-corrected chi connectivity index (χ4v) is 3.07. The van der Waals surface area contributed by atoms with Gasteiger partial charge in [-0.25, -0.2) is 4.79 Å². The summed E-state index contributed by atoms with van der Waals surface area (Å²) in [5.74, 6) is 0. The highest BCUT2D eigenvalue weighted by atomic mass is 16.5. The topological polar surface area (TPSA) is 75.6 Å². The summed E-state index contributed by atoms with van der Waals surface area (Å²) in [4.78, 5) is 26.5. The summed E-state index contributed by atoms with van der Waals surface area (Å²) in [6, 6.07) is 9.36. The third-order valence-electron chi connectivity index (χ3n) is 4.56. The molecule has 26 heavy (non-hydrogen) atoms. The molecule has 2 N–H and O–H groups in total. The monoisotopic (exact) mass is 358 g/mol. The fraction of sp³-hybridized carbons (Fsp3) is 0.474. The van der Waals surface area contributed by atoms with Crippen LogP contribution in [0.5, 0.6) is 0 Å². The molecule has 1 fully saturated rings. The van der Waals surface area contributed by atoms with Gasteiger partial charge >= 0.3 is 6.03 Å². The van der Waals surface area contributed by atoms with Crippen LogP contribution in [0.1, 0.15) is 6.42 Å². The number of hydrogen-bond donors (Lipinski definition) is 2. The highest BCUT2D eigenvalue weighted by Gasteiger charge is 2.10. The van der Waals surface area contributed by atoms with E-state index in [0.717, 1.165) is 43.6 Å². The first-order chi connectivity index (χ1) is 12.7. The lowest BCUT2D eigenvalue weighted by Gasteiger charge is -2.26. The zero-order chi connectivity index (χ0) is 18.2. The molecule has 0 spiro atoms. The van der Waals surface area contributed by atoms with Crippen molar-refractivity contribution in [1.29, 1.82) is 0 Å². The van der Waals surface area contributed by atoms with Crippen molar-refractivity contribution in [2.24, 2.45) is 0 Å². The number of fused-ring (bicyclic) bond motifs is 1. The Balaban J connectivity index is 1.35. The van der Waals surface area contributed by atoms with Crippen LogP contribution in [0, 0.1) is 0 Å². The van der Waals surface area contributed by atoms with E-state index in [0.29, 0.717) is 26.1 Å². The number of aromatic nitrogens is 1. The lowest BCUT2D eigenvalue weighted by molar-refractivity contribution is 0.0387. The highest BCUT2D eigenvalue weighted by molar-refractivity contribution is 5.81. The Hall–Kier alpha value is -2.38. The Kier molecular flexibility index (Phi) is 6.62. The summed E-state index contributed by atoms with van der Waals surface area (Å²) < 4.78 is 6.99. The van der Waals surface area contributed by atoms with E-state index in [1.807, 2.05) is 36.5 Å². The predicted octanol–water partition coefficient (Wildman–Crippen LogP) is 1.02. The minimum atomic E-state index is -0.163. The second kappa shape index (κ2) is 9.35. The molecule has 2 heterocycles. The number of benzene rings is 1. The number of hydrogen-bond acceptors (Lipinski definition) is 4. The van der Waals surface area contributed by atoms with Gasteiger partial charge in [0.1, 0.15) is 0 Å². The molecule has 0 radical (unpaired) electrons. The molecule has 0 unspecified atom stereocenters. The van der Waals surface area contributed by atoms with E-state index in [4.69, 9.17) is 4.74 Å². The van der Waals surface area contributed by atoms with E-state index in [2.05, 4.69) is 15.5 Å². The molecule has 0 aliphatic carbocycles. The Morgan fingerprint density at radius 2 is 1.81 bits per heavy atom. The fourth-order valence-electron chi connectivity index (χ4n) is 3.07. The third kappa shape index (κ3) is 5.06. The molecule has 7 heteroatoms. The summed E-state index contributed by atoms with van der Waals surface area (Å²) in [6.45, 7) is 5.94. The number of carbonyl (C=O) groups excluding carboxylic acids is 1. The Morgan fingerprint density at radius 3 is 2.65 bits per heavy atom. The first kappa shape index (κ1) is 18.4. The van der Waals surface area contributed by atoms with Crippen LogP contribution in [0.3, 0.4) is 0 Å². The number of pyridine rings is 1. The maximum atomic E-state index is 12.4. The number of aryl methyl sites for hydroxylation is 1. The zero-order valence-corrected chi connectivity index (χ0v) is 14.9. The maximum Gasteiger partial charge on any atom is 0.314 e. The smallest absolute Gasteiger partial charge is 0.314 e. The van der Waals surface area contributed by atoms with Gasteiger partial charge in [-0.15, -0.1) is 0 Å². The van der Waals surface area contributed by atoms with Crippen LogP contribution in [0.15, 0.2) is 41.3 Å². The Bertz CT molecular complexity index is 784. The summed E-state index contributed by atoms with van der Waals surface area (Å²) in [7, 11) is 0. The van der Waals surface area contributed by atoms with Gasteiger partial charge in [-0.05, 0) is 23.9 Å². The van der Waals surface area contributed by atoms with Gasteiger partial charge in [-0.1, -0.05) is 18.2 Å². The van der Waals surface area contributed by atoms with Crippen LogP contribution in [0.4, 0.5) is 4.79 Å². The summed E-state index contributed by atoms with van der Waals surface area (Å²) >= 11 is 0. The van der Waals surface area contributed by atoms with E-state index >= 15 is 0 Å². The largest absolute Gasteiger partial charge is 0.379 e. The quantitative estimate of drug-likeness (QED) is 0.725. The summed E-state index contributed by atoms with van der Waals surface area (Å²) in [5, 5.41) is 7.38. The van der Waals surface area contributed by atoms with Crippen LogP contribution < -0.4 is 16.2 Å². The molecule has 2 aromatic rings. The van der Waals surface area contributed by atoms with Crippen molar-refractivity contribution in [2.75, 3.05) is 45.9 Å². The predicted molar refractivity (Wildman–Crippen MR) is 101 cm³/mol. The van der Waals surface area contributed by atoms with Crippen molar-refractivity contribution in [3.8, 4) is 0 Å². The molecular weight excluding hydrogens is 332 g/mol. The van der Waals surface area contributed by atoms with Gasteiger partial charge in [0, 0.05) is 50.9 Å². The second-order valence-electron chi connectivity index (χ2n) is 6.39. The third-order valence-corrected chi connectivity index (χ3v) is 4.56. The van der Waals surface area contributed by atoms with Gasteiger partial charge in [0.2, 0.25) is 0 Å². The Labute approximate surface area is 152 Å². The lowest BCUT2D eigenvalue weighted by atomic mass is 10.2. The van der Waals surface area contributed by atoms with Crippen molar-refractivity contribution >= 4 is 16.8 Å². The SMILES string of the molecule is O=C(NCCCn1ccc2ccccc2c1=O)NCCN1CCOCC1. The summed E-state index contributed by atoms with van der Waals surface area (Å²) in [5.41, 5.74) is 0.0121. The minimum absolute atomic E-state index is 0.0121. The highest BCUT2D eigenvalue weighted by Crippen LogP contribution is 2.08. The molecule has 7 nitrogen and oxygen atoms in total. The van der Waals surface area contributed by atoms with Gasteiger partial charge in [0.05, 0.1) is 13.2 Å². The summed E-state index contributed by atoms with van der Waals surface area (Å²) in [6.07, 6.45) is 2.52. The minimum Gasteiger partial charge on any atom is -0.379 e. The van der Waals surface area contributed by atoms with E-state index < -0.39 is 0 Å². The average Bonchev–Trinajstić information content (AvgIpc) is 2.68. The van der Waals surface area contributed by atoms with Crippen molar-refractivity contribution in [1.82, 2.24) is 20.1 Å². The number of urea groups is 1. The molecule has 0 saturated carbocycles. The number of rotatable bonds is 7. The van der Waals surface area contributed by atoms with Gasteiger partial charge in [0.25, 0.3) is 5.56 Å². The van der Waals surface area contributed by atoms with Crippen LogP contribution >= 0.6 is 0 Å². The van der Waals surface area contributed by atoms with Crippen LogP contribution in [0.2, 0.25) is 0 Å². The normalized spacial score (nSPS) is 15.1. The average molecular weight is 358 g/mol. The number of nitrogens with one attached hydrogen (secondary N) is 2. The number of morpholine rings is 1. The molecule has 1 aromatic heterocycles. The zero-order valence-electron chi connectivity index (χ0n) is 14.9. The maximum absolute atomic E-state index is 12.4. The molecule has 0 bridgehead atoms. The number of ether oxygens (including phenoxy) is 1. The van der Waals surface area contributed by atoms with E-state index in [-0.39, 0.29) is 11.6 Å². The molecule has 140 valence electrons. The van der Waals surface area contributed by atoms with Crippen LogP contribution in [0.25, 0.3) is 10.8 Å². The number of nitrogens with zero attached hydrogens (tertiary/aromatic N) is 2. The van der Waals surface area contributed by atoms with Crippen molar-refractivity contribution in [3.05, 3.63) is 46.9 Å². The van der Waals surface area contributed by atoms with E-state index in [1.165, 1.54) is 0 Å². The standard InChI is InChI=1S/C19H26N4O3/c24-18-17-5-2-1-4-16(17)6-10-23(18)9-3-7-20-19(25)21-8-11-22-12-14-26-15-13-22/h1-2,4-6,10H,3,7-9,11-15H2,(H2,20,21,25). The molecule has 3 rings (SSSR count). The van der Waals surface area contributed by atoms with Crippen molar-refractivity contribution in [3.63, 3.8) is 0 Å². The van der Waals surface area contributed by atoms with Crippen LogP contribution in [-0.2, 0) is 11.3 Å². The molecule has 1 aromatic carbocycles. The Morgan fingerprint density at radius 1 is 1.04 bits per heavy atom. The number of amides is 2. The van der Waals surface area contributed by atoms with E-state index in [9.17, 15) is 9.59 Å². The molecule has 0 atom stereocenters. The number of carbonyl (C=O) groups is 1. The second-order valence-corrected chi connectivity index (χ2v) is 6.39. The van der Waals surface area contributed by atoms with Crippen molar-refractivity contribution < 1.29 is 9.53 Å². The van der Waals surface area contributed by atoms with Gasteiger partial charge in [-0.2, -0.15) is 0 Å². The molecule has 1 aliphatic rings. The first-order valence-corrected chi connectivity index (χ1v) is 9.14. The van der Waals surface area contributed by atoms with Gasteiger partial charge in [-0.3, -0.25) is 9.69 Å². The van der Waals surface area contributed by atoms with Crippen molar-refractivity contribution in [2.45, 2.75) is 13.0 Å². The van der Waals surface area contributed by atoms with Gasteiger partial charge in [0.15, 0.2) is 0 Å².